The molecule has 4 rings (SSSR count). The molecule has 0 bridgehead atoms. The summed E-state index contributed by atoms with van der Waals surface area (Å²) in [6.07, 6.45) is -4.96. The van der Waals surface area contributed by atoms with Crippen LogP contribution in [0.25, 0.3) is 0 Å². The van der Waals surface area contributed by atoms with Crippen LogP contribution >= 0.6 is 34.8 Å². The summed E-state index contributed by atoms with van der Waals surface area (Å²) in [6, 6.07) is 8.86. The minimum absolute atomic E-state index is 0.0378. The maximum Gasteiger partial charge on any atom is 0.419 e. The fourth-order valence-electron chi connectivity index (χ4n) is 4.35. The van der Waals surface area contributed by atoms with Crippen molar-refractivity contribution in [2.24, 2.45) is 5.92 Å². The van der Waals surface area contributed by atoms with Crippen molar-refractivity contribution in [1.82, 2.24) is 0 Å². The van der Waals surface area contributed by atoms with Gasteiger partial charge in [-0.2, -0.15) is 13.2 Å². The molecule has 3 amide bonds. The maximum absolute atomic E-state index is 14.6. The van der Waals surface area contributed by atoms with Gasteiger partial charge in [-0.15, -0.1) is 23.2 Å². The van der Waals surface area contributed by atoms with Crippen LogP contribution in [0, 0.1) is 24.5 Å². The van der Waals surface area contributed by atoms with Gasteiger partial charge >= 0.3 is 6.18 Å². The lowest BCUT2D eigenvalue weighted by Crippen LogP contribution is -2.18. The van der Waals surface area contributed by atoms with Gasteiger partial charge in [0.25, 0.3) is 5.91 Å². The van der Waals surface area contributed by atoms with Gasteiger partial charge in [-0.05, 0) is 60.5 Å². The summed E-state index contributed by atoms with van der Waals surface area (Å²) in [5.41, 5.74) is -1.59. The highest BCUT2D eigenvalue weighted by Crippen LogP contribution is 2.65. The lowest BCUT2D eigenvalue weighted by atomic mass is 10.0. The number of carbonyl (C=O) groups excluding carboxylic acids is 3. The number of rotatable bonds is 6. The van der Waals surface area contributed by atoms with Crippen LogP contribution in [-0.2, 0) is 15.8 Å². The van der Waals surface area contributed by atoms with Gasteiger partial charge in [0.15, 0.2) is 0 Å². The van der Waals surface area contributed by atoms with Crippen LogP contribution in [-0.4, -0.2) is 22.1 Å². The van der Waals surface area contributed by atoms with Crippen LogP contribution in [0.3, 0.4) is 0 Å². The molecule has 1 saturated carbocycles. The van der Waals surface area contributed by atoms with Gasteiger partial charge in [0.05, 0.1) is 27.9 Å². The molecule has 2 atom stereocenters. The van der Waals surface area contributed by atoms with Crippen molar-refractivity contribution in [3.8, 4) is 0 Å². The van der Waals surface area contributed by atoms with E-state index in [2.05, 4.69) is 16.0 Å². The Hall–Kier alpha value is -3.41. The van der Waals surface area contributed by atoms with E-state index >= 15 is 0 Å². The summed E-state index contributed by atoms with van der Waals surface area (Å²) in [5.74, 6) is -6.49. The molecule has 3 N–H and O–H groups in total. The fraction of sp³-hybridized carbons (Fsp3) is 0.222. The topological polar surface area (TPSA) is 87.3 Å². The van der Waals surface area contributed by atoms with E-state index < -0.39 is 57.3 Å². The maximum atomic E-state index is 14.6. The zero-order valence-electron chi connectivity index (χ0n) is 21.0. The third kappa shape index (κ3) is 6.27. The molecular weight excluding hydrogens is 616 g/mol. The molecule has 0 radical (unpaired) electrons. The second kappa shape index (κ2) is 11.1. The molecule has 0 heterocycles. The van der Waals surface area contributed by atoms with E-state index in [1.54, 1.807) is 0 Å². The molecule has 216 valence electrons. The van der Waals surface area contributed by atoms with Crippen molar-refractivity contribution >= 4 is 69.6 Å². The van der Waals surface area contributed by atoms with Gasteiger partial charge < -0.3 is 16.0 Å². The smallest absolute Gasteiger partial charge is 0.326 e. The summed E-state index contributed by atoms with van der Waals surface area (Å²) >= 11 is 18.7. The van der Waals surface area contributed by atoms with Gasteiger partial charge in [-0.1, -0.05) is 17.7 Å². The Bertz CT molecular complexity index is 1580. The second-order valence-electron chi connectivity index (χ2n) is 9.29. The van der Waals surface area contributed by atoms with Crippen molar-refractivity contribution in [2.75, 3.05) is 16.0 Å². The Morgan fingerprint density at radius 3 is 2.22 bits per heavy atom. The minimum Gasteiger partial charge on any atom is -0.326 e. The number of hydrogen-bond donors (Lipinski definition) is 3. The minimum atomic E-state index is -4.96. The number of anilines is 3. The predicted molar refractivity (Wildman–Crippen MR) is 146 cm³/mol. The summed E-state index contributed by atoms with van der Waals surface area (Å²) in [6.45, 7) is 2.56. The van der Waals surface area contributed by atoms with E-state index in [4.69, 9.17) is 34.8 Å². The molecule has 1 aliphatic carbocycles. The average molecular weight is 635 g/mol. The monoisotopic (exact) mass is 633 g/mol. The molecule has 0 aliphatic heterocycles. The Kier molecular flexibility index (Phi) is 8.28. The largest absolute Gasteiger partial charge is 0.419 e. The van der Waals surface area contributed by atoms with Crippen molar-refractivity contribution in [3.63, 3.8) is 0 Å². The molecular formula is C27H19Cl3F5N3O3. The summed E-state index contributed by atoms with van der Waals surface area (Å²) in [7, 11) is 0. The number of hydrogen-bond acceptors (Lipinski definition) is 3. The molecule has 0 spiro atoms. The molecule has 1 fully saturated rings. The number of halogens is 8. The van der Waals surface area contributed by atoms with Crippen molar-refractivity contribution in [3.05, 3.63) is 87.4 Å². The van der Waals surface area contributed by atoms with Crippen LogP contribution in [0.1, 0.15) is 39.9 Å². The van der Waals surface area contributed by atoms with Crippen molar-refractivity contribution < 1.29 is 36.3 Å². The first-order valence-electron chi connectivity index (χ1n) is 11.7. The Morgan fingerprint density at radius 2 is 1.59 bits per heavy atom. The van der Waals surface area contributed by atoms with Crippen molar-refractivity contribution in [1.29, 1.82) is 0 Å². The number of benzene rings is 3. The lowest BCUT2D eigenvalue weighted by Gasteiger charge is -2.13. The second-order valence-corrected chi connectivity index (χ2v) is 11.1. The third-order valence-corrected chi connectivity index (χ3v) is 7.68. The molecule has 3 aromatic rings. The van der Waals surface area contributed by atoms with E-state index in [0.29, 0.717) is 12.1 Å². The molecule has 0 saturated heterocycles. The van der Waals surface area contributed by atoms with Gasteiger partial charge in [-0.25, -0.2) is 8.78 Å². The highest BCUT2D eigenvalue weighted by Gasteiger charge is 2.67. The Balaban J connectivity index is 1.51. The Labute approximate surface area is 245 Å². The van der Waals surface area contributed by atoms with Crippen LogP contribution in [0.15, 0.2) is 48.5 Å². The first-order valence-corrected chi connectivity index (χ1v) is 12.9. The van der Waals surface area contributed by atoms with Crippen LogP contribution in [0.2, 0.25) is 5.02 Å². The molecule has 41 heavy (non-hydrogen) atoms. The van der Waals surface area contributed by atoms with Crippen molar-refractivity contribution in [2.45, 2.75) is 30.3 Å². The summed E-state index contributed by atoms with van der Waals surface area (Å²) in [4.78, 5) is 37.1. The van der Waals surface area contributed by atoms with Crippen LogP contribution < -0.4 is 16.0 Å². The number of carbonyl (C=O) groups is 3. The van der Waals surface area contributed by atoms with Gasteiger partial charge in [-0.3, -0.25) is 14.4 Å². The summed E-state index contributed by atoms with van der Waals surface area (Å²) in [5, 5.41) is 7.44. The highest BCUT2D eigenvalue weighted by atomic mass is 35.5. The van der Waals surface area contributed by atoms with E-state index in [1.807, 2.05) is 0 Å². The van der Waals surface area contributed by atoms with E-state index in [1.165, 1.54) is 44.2 Å². The van der Waals surface area contributed by atoms with Gasteiger partial charge in [0.1, 0.15) is 16.0 Å². The zero-order chi connectivity index (χ0) is 30.4. The summed E-state index contributed by atoms with van der Waals surface area (Å²) < 4.78 is 66.1. The van der Waals surface area contributed by atoms with E-state index in [-0.39, 0.29) is 38.8 Å². The molecule has 1 aliphatic rings. The fourth-order valence-corrected chi connectivity index (χ4v) is 5.34. The quantitative estimate of drug-likeness (QED) is 0.192. The standard InChI is InChI=1S/C27H19Cl3F5N3O3/c1-11-15(5-8-19(23(11)32)36-12(2)39)24(40)38-20-10-14(4-6-17(20)28)37-25(41)22-21(26(22,29)30)13-3-7-18(31)16(9-13)27(33,34)35/h3-10,21-22H,1-2H3,(H,36,39)(H,37,41)(H,38,40). The molecule has 2 unspecified atom stereocenters. The normalized spacial score (nSPS) is 17.5. The third-order valence-electron chi connectivity index (χ3n) is 6.41. The van der Waals surface area contributed by atoms with E-state index in [0.717, 1.165) is 6.07 Å². The number of amides is 3. The Morgan fingerprint density at radius 1 is 0.902 bits per heavy atom. The molecule has 6 nitrogen and oxygen atoms in total. The number of alkyl halides is 5. The lowest BCUT2D eigenvalue weighted by molar-refractivity contribution is -0.140. The van der Waals surface area contributed by atoms with Gasteiger partial charge in [0, 0.05) is 24.1 Å². The van der Waals surface area contributed by atoms with Crippen LogP contribution in [0.4, 0.5) is 39.0 Å². The zero-order valence-corrected chi connectivity index (χ0v) is 23.3. The SMILES string of the molecule is CC(=O)Nc1ccc(C(=O)Nc2cc(NC(=O)C3C(c4ccc(F)c(C(F)(F)F)c4)C3(Cl)Cl)ccc2Cl)c(C)c1F. The first-order chi connectivity index (χ1) is 19.0. The number of nitrogens with one attached hydrogen (secondary N) is 3. The average Bonchev–Trinajstić information content (AvgIpc) is 3.45. The van der Waals surface area contributed by atoms with E-state index in [9.17, 15) is 36.3 Å². The van der Waals surface area contributed by atoms with Crippen LogP contribution in [0.5, 0.6) is 0 Å². The highest BCUT2D eigenvalue weighted by molar-refractivity contribution is 6.53. The molecule has 14 heteroatoms. The first kappa shape index (κ1) is 30.5. The molecule has 3 aromatic carbocycles. The van der Waals surface area contributed by atoms with Gasteiger partial charge in [0.2, 0.25) is 11.8 Å². The molecule has 0 aromatic heterocycles. The predicted octanol–water partition coefficient (Wildman–Crippen LogP) is 7.68.